The zero-order chi connectivity index (χ0) is 51.3. The zero-order valence-electron chi connectivity index (χ0n) is 42.3. The fourth-order valence-corrected chi connectivity index (χ4v) is 9.75. The Morgan fingerprint density at radius 3 is 0.827 bits per heavy atom. The molecule has 3 aliphatic rings. The molecular weight excluding hydrogens is 949 g/mol. The van der Waals surface area contributed by atoms with Crippen molar-refractivity contribution in [1.29, 1.82) is 0 Å². The molecule has 0 saturated carbocycles. The lowest BCUT2D eigenvalue weighted by atomic mass is 9.91. The summed E-state index contributed by atoms with van der Waals surface area (Å²) in [4.78, 5) is 27.1. The van der Waals surface area contributed by atoms with Gasteiger partial charge in [-0.1, -0.05) is 194 Å². The molecule has 0 unspecified atom stereocenters. The van der Waals surface area contributed by atoms with Crippen LogP contribution >= 0.6 is 0 Å². The smallest absolute Gasteiger partial charge is 0.305 e. The molecule has 3 aliphatic heterocycles. The van der Waals surface area contributed by atoms with Gasteiger partial charge in [-0.2, -0.15) is 0 Å². The van der Waals surface area contributed by atoms with Gasteiger partial charge in [0.25, 0.3) is 0 Å². The molecule has 10 atom stereocenters. The van der Waals surface area contributed by atoms with Crippen molar-refractivity contribution in [3.05, 3.63) is 228 Å². The van der Waals surface area contributed by atoms with Gasteiger partial charge in [0.15, 0.2) is 0 Å². The van der Waals surface area contributed by atoms with Crippen LogP contribution in [0.5, 0.6) is 0 Å². The fourth-order valence-electron chi connectivity index (χ4n) is 9.75. The Hall–Kier alpha value is -6.32. The SMILES string of the molecule is O=C1CCCC(=O)OC[C@H]2O[C@H](C/C=C/C[C@H]3O[C@H](CO1)[C@H](OCc1ccccc1)[C@H](OCc1ccccc1)[C@H]3OCc1ccccc1)[C@H](OCc1ccccc1)[C@@H](OCc1ccccc1)[C@H]2OCc1ccccc1. The maximum absolute atomic E-state index is 13.5. The summed E-state index contributed by atoms with van der Waals surface area (Å²) in [5, 5.41) is 0. The third kappa shape index (κ3) is 16.1. The second kappa shape index (κ2) is 28.5. The minimum Gasteiger partial charge on any atom is -0.463 e. The molecule has 12 heteroatoms. The largest absolute Gasteiger partial charge is 0.463 e. The molecule has 2 fully saturated rings. The highest BCUT2D eigenvalue weighted by molar-refractivity contribution is 5.72. The monoisotopic (exact) mass is 1020 g/mol. The standard InChI is InChI=1S/C63H68O12/c64-56-36-21-37-57(65)67-45-55-61(71-41-49-28-13-4-14-29-49)63(73-43-51-32-17-6-18-33-51)59(69-39-47-24-9-2-10-25-47)53(75-55)35-20-19-34-52-58(68-38-46-22-7-1-8-23-46)62(72-42-50-30-15-5-16-31-50)60(54(74-52)44-66-56)70-40-48-26-11-3-12-27-48/h1-20,22-33,52-55,58-63H,21,34-45H2/b20-19+/t52-,53-,54-,55-,58+,59+,60+,61+,62-,63-/m1/s1. The highest BCUT2D eigenvalue weighted by Crippen LogP contribution is 2.35. The topological polar surface area (TPSA) is 126 Å². The van der Waals surface area contributed by atoms with E-state index in [2.05, 4.69) is 12.2 Å². The summed E-state index contributed by atoms with van der Waals surface area (Å²) >= 11 is 0. The van der Waals surface area contributed by atoms with Crippen LogP contribution in [0.2, 0.25) is 0 Å². The number of carbonyl (C=O) groups is 2. The summed E-state index contributed by atoms with van der Waals surface area (Å²) in [6.45, 7) is 1.45. The van der Waals surface area contributed by atoms with E-state index in [-0.39, 0.29) is 58.9 Å². The van der Waals surface area contributed by atoms with Crippen LogP contribution in [0, 0.1) is 0 Å². The Kier molecular flexibility index (Phi) is 20.4. The number of ether oxygens (including phenoxy) is 10. The third-order valence-corrected chi connectivity index (χ3v) is 13.7. The van der Waals surface area contributed by atoms with Gasteiger partial charge in [0, 0.05) is 12.8 Å². The van der Waals surface area contributed by atoms with Crippen molar-refractivity contribution >= 4 is 11.9 Å². The number of hydrogen-bond acceptors (Lipinski definition) is 12. The Labute approximate surface area is 440 Å². The number of esters is 2. The molecule has 0 spiro atoms. The van der Waals surface area contributed by atoms with Gasteiger partial charge in [0.1, 0.15) is 62.0 Å². The quantitative estimate of drug-likeness (QED) is 0.0601. The van der Waals surface area contributed by atoms with Gasteiger partial charge in [-0.3, -0.25) is 9.59 Å². The van der Waals surface area contributed by atoms with Crippen molar-refractivity contribution in [2.45, 2.75) is 133 Å². The number of hydrogen-bond donors (Lipinski definition) is 0. The normalized spacial score (nSPS) is 26.1. The Bertz CT molecular complexity index is 2430. The lowest BCUT2D eigenvalue weighted by molar-refractivity contribution is -0.270. The average molecular weight is 1020 g/mol. The summed E-state index contributed by atoms with van der Waals surface area (Å²) in [6.07, 6.45) is -1.49. The van der Waals surface area contributed by atoms with Crippen LogP contribution in [0.3, 0.4) is 0 Å². The molecule has 6 aromatic carbocycles. The van der Waals surface area contributed by atoms with Crippen molar-refractivity contribution in [2.24, 2.45) is 0 Å². The highest BCUT2D eigenvalue weighted by atomic mass is 16.6. The third-order valence-electron chi connectivity index (χ3n) is 13.7. The number of carbonyl (C=O) groups excluding carboxylic acids is 2. The van der Waals surface area contributed by atoms with Crippen molar-refractivity contribution in [1.82, 2.24) is 0 Å². The van der Waals surface area contributed by atoms with Crippen LogP contribution in [0.25, 0.3) is 0 Å². The highest BCUT2D eigenvalue weighted by Gasteiger charge is 2.50. The maximum atomic E-state index is 13.5. The minimum atomic E-state index is -0.742. The first-order chi connectivity index (χ1) is 37.0. The first kappa shape index (κ1) is 53.5. The van der Waals surface area contributed by atoms with Gasteiger partial charge in [-0.05, 0) is 52.6 Å². The minimum absolute atomic E-state index is 0.0130. The van der Waals surface area contributed by atoms with Crippen molar-refractivity contribution in [3.8, 4) is 0 Å². The summed E-state index contributed by atoms with van der Waals surface area (Å²) in [5.41, 5.74) is 5.88. The summed E-state index contributed by atoms with van der Waals surface area (Å²) < 4.78 is 67.4. The lowest BCUT2D eigenvalue weighted by Crippen LogP contribution is -2.61. The van der Waals surface area contributed by atoms with Crippen molar-refractivity contribution in [2.75, 3.05) is 13.2 Å². The van der Waals surface area contributed by atoms with Crippen LogP contribution in [0.15, 0.2) is 194 Å². The average Bonchev–Trinajstić information content (AvgIpc) is 3.46. The molecule has 392 valence electrons. The number of benzene rings is 6. The molecule has 0 N–H and O–H groups in total. The lowest BCUT2D eigenvalue weighted by Gasteiger charge is -2.46. The van der Waals surface area contributed by atoms with Gasteiger partial charge < -0.3 is 47.4 Å². The maximum Gasteiger partial charge on any atom is 0.305 e. The summed E-state index contributed by atoms with van der Waals surface area (Å²) in [5.74, 6) is -0.945. The van der Waals surface area contributed by atoms with Crippen LogP contribution in [-0.2, 0) is 96.6 Å². The predicted octanol–water partition coefficient (Wildman–Crippen LogP) is 10.6. The van der Waals surface area contributed by atoms with Crippen molar-refractivity contribution in [3.63, 3.8) is 0 Å². The van der Waals surface area contributed by atoms with Gasteiger partial charge >= 0.3 is 11.9 Å². The second-order valence-corrected chi connectivity index (χ2v) is 19.2. The summed E-state index contributed by atoms with van der Waals surface area (Å²) in [7, 11) is 0. The molecule has 3 heterocycles. The Balaban J connectivity index is 1.05. The van der Waals surface area contributed by atoms with Crippen LogP contribution in [-0.4, -0.2) is 86.2 Å². The van der Waals surface area contributed by atoms with Crippen LogP contribution in [0.4, 0.5) is 0 Å². The van der Waals surface area contributed by atoms with E-state index in [0.717, 1.165) is 33.4 Å². The molecular formula is C63H68O12. The Morgan fingerprint density at radius 1 is 0.320 bits per heavy atom. The van der Waals surface area contributed by atoms with Crippen LogP contribution in [0.1, 0.15) is 65.5 Å². The molecule has 75 heavy (non-hydrogen) atoms. The molecule has 12 nitrogen and oxygen atoms in total. The van der Waals surface area contributed by atoms with Gasteiger partial charge in [-0.15, -0.1) is 0 Å². The van der Waals surface area contributed by atoms with Crippen LogP contribution < -0.4 is 0 Å². The fraction of sp³-hybridized carbons (Fsp3) is 0.365. The van der Waals surface area contributed by atoms with E-state index in [1.807, 2.05) is 182 Å². The molecule has 0 amide bonds. The molecule has 9 rings (SSSR count). The Morgan fingerprint density at radius 2 is 0.560 bits per heavy atom. The summed E-state index contributed by atoms with van der Waals surface area (Å²) in [6, 6.07) is 59.8. The molecule has 0 aromatic heterocycles. The van der Waals surface area contributed by atoms with Gasteiger partial charge in [0.2, 0.25) is 0 Å². The van der Waals surface area contributed by atoms with E-state index in [0.29, 0.717) is 26.1 Å². The number of fused-ring (bicyclic) bond motifs is 4. The van der Waals surface area contributed by atoms with E-state index < -0.39 is 73.0 Å². The molecule has 2 saturated heterocycles. The number of rotatable bonds is 18. The van der Waals surface area contributed by atoms with Gasteiger partial charge in [-0.25, -0.2) is 0 Å². The molecule has 0 radical (unpaired) electrons. The first-order valence-electron chi connectivity index (χ1n) is 26.2. The van der Waals surface area contributed by atoms with E-state index in [1.165, 1.54) is 0 Å². The molecule has 6 aromatic rings. The van der Waals surface area contributed by atoms with E-state index in [1.54, 1.807) is 0 Å². The van der Waals surface area contributed by atoms with E-state index in [9.17, 15) is 9.59 Å². The zero-order valence-corrected chi connectivity index (χ0v) is 42.3. The molecule has 0 aliphatic carbocycles. The second-order valence-electron chi connectivity index (χ2n) is 19.2. The van der Waals surface area contributed by atoms with E-state index in [4.69, 9.17) is 47.4 Å². The number of cyclic esters (lactones) is 2. The first-order valence-corrected chi connectivity index (χ1v) is 26.2. The van der Waals surface area contributed by atoms with Gasteiger partial charge in [0.05, 0.1) is 51.8 Å². The van der Waals surface area contributed by atoms with Crippen molar-refractivity contribution < 1.29 is 57.0 Å². The van der Waals surface area contributed by atoms with E-state index >= 15 is 0 Å². The predicted molar refractivity (Wildman–Crippen MR) is 282 cm³/mol. The molecule has 4 bridgehead atoms.